The van der Waals surface area contributed by atoms with Crippen molar-refractivity contribution in [2.75, 3.05) is 19.6 Å². The first kappa shape index (κ1) is 18.4. The Bertz CT molecular complexity index is 716. The summed E-state index contributed by atoms with van der Waals surface area (Å²) in [5, 5.41) is 5.96. The van der Waals surface area contributed by atoms with E-state index in [0.717, 1.165) is 24.5 Å². The molecule has 0 radical (unpaired) electrons. The molecule has 1 amide bonds. The van der Waals surface area contributed by atoms with Crippen molar-refractivity contribution >= 4 is 28.8 Å². The van der Waals surface area contributed by atoms with E-state index < -0.39 is 0 Å². The van der Waals surface area contributed by atoms with Crippen LogP contribution in [0.25, 0.3) is 0 Å². The summed E-state index contributed by atoms with van der Waals surface area (Å²) in [4.78, 5) is 16.1. The molecule has 0 saturated carbocycles. The number of amides is 1. The molecule has 0 spiro atoms. The maximum absolute atomic E-state index is 12.2. The van der Waals surface area contributed by atoms with Crippen molar-refractivity contribution in [3.8, 4) is 0 Å². The fourth-order valence-electron chi connectivity index (χ4n) is 3.16. The van der Waals surface area contributed by atoms with E-state index in [-0.39, 0.29) is 17.9 Å². The molecule has 0 fully saturated rings. The number of hydrogen-bond donors (Lipinski definition) is 2. The van der Waals surface area contributed by atoms with Gasteiger partial charge < -0.3 is 11.1 Å². The molecule has 3 rings (SSSR count). The molecule has 0 saturated heterocycles. The fourth-order valence-corrected chi connectivity index (χ4v) is 4.17. The van der Waals surface area contributed by atoms with Crippen LogP contribution in [0.3, 0.4) is 0 Å². The van der Waals surface area contributed by atoms with Crippen molar-refractivity contribution in [3.05, 3.63) is 56.7 Å². The summed E-state index contributed by atoms with van der Waals surface area (Å²) in [7, 11) is 0. The fraction of sp³-hybridized carbons (Fsp3) is 0.421. The maximum Gasteiger partial charge on any atom is 0.224 e. The molecule has 1 aromatic carbocycles. The van der Waals surface area contributed by atoms with Gasteiger partial charge in [0, 0.05) is 42.0 Å². The number of nitrogens with two attached hydrogens (primary N) is 1. The molecule has 6 heteroatoms. The minimum absolute atomic E-state index is 0.00898. The summed E-state index contributed by atoms with van der Waals surface area (Å²) in [6, 6.07) is 10.3. The molecule has 1 aliphatic rings. The third-order valence-corrected chi connectivity index (χ3v) is 6.08. The number of nitrogens with one attached hydrogen (secondary N) is 1. The van der Waals surface area contributed by atoms with Gasteiger partial charge in [-0.3, -0.25) is 9.69 Å². The average Bonchev–Trinajstić information content (AvgIpc) is 3.10. The Hall–Kier alpha value is -1.40. The van der Waals surface area contributed by atoms with Crippen molar-refractivity contribution in [3.63, 3.8) is 0 Å². The van der Waals surface area contributed by atoms with Crippen LogP contribution in [-0.2, 0) is 17.8 Å². The zero-order chi connectivity index (χ0) is 17.8. The standard InChI is InChI=1S/C19H24ClN3OS/c1-13(10-21)19(24)22-11-17(14-2-4-16(20)5-3-14)23-8-6-18-15(12-23)7-9-25-18/h2-5,7,9,13,17H,6,8,10-12,21H2,1H3,(H,22,24). The monoisotopic (exact) mass is 377 g/mol. The van der Waals surface area contributed by atoms with Gasteiger partial charge in [-0.05, 0) is 41.1 Å². The first-order valence-corrected chi connectivity index (χ1v) is 9.86. The van der Waals surface area contributed by atoms with Crippen LogP contribution in [0.5, 0.6) is 0 Å². The Balaban J connectivity index is 1.77. The van der Waals surface area contributed by atoms with Crippen LogP contribution < -0.4 is 11.1 Å². The number of carbonyl (C=O) groups excluding carboxylic acids is 1. The molecule has 2 heterocycles. The first-order chi connectivity index (χ1) is 12.1. The lowest BCUT2D eigenvalue weighted by molar-refractivity contribution is -0.124. The zero-order valence-electron chi connectivity index (χ0n) is 14.4. The molecule has 0 aliphatic carbocycles. The quantitative estimate of drug-likeness (QED) is 0.812. The molecular weight excluding hydrogens is 354 g/mol. The minimum Gasteiger partial charge on any atom is -0.354 e. The molecule has 1 aliphatic heterocycles. The van der Waals surface area contributed by atoms with Crippen LogP contribution in [-0.4, -0.2) is 30.4 Å². The number of benzene rings is 1. The van der Waals surface area contributed by atoms with E-state index in [1.54, 1.807) is 0 Å². The van der Waals surface area contributed by atoms with E-state index in [1.165, 1.54) is 16.0 Å². The van der Waals surface area contributed by atoms with Crippen molar-refractivity contribution in [2.45, 2.75) is 25.9 Å². The lowest BCUT2D eigenvalue weighted by Crippen LogP contribution is -2.42. The van der Waals surface area contributed by atoms with Crippen LogP contribution in [0.1, 0.15) is 29.0 Å². The second kappa shape index (κ2) is 8.32. The highest BCUT2D eigenvalue weighted by atomic mass is 35.5. The van der Waals surface area contributed by atoms with Crippen LogP contribution >= 0.6 is 22.9 Å². The first-order valence-electron chi connectivity index (χ1n) is 8.61. The second-order valence-electron chi connectivity index (χ2n) is 6.54. The van der Waals surface area contributed by atoms with Gasteiger partial charge in [0.1, 0.15) is 0 Å². The van der Waals surface area contributed by atoms with E-state index in [0.29, 0.717) is 13.1 Å². The number of rotatable bonds is 6. The molecule has 2 aromatic rings. The predicted molar refractivity (Wildman–Crippen MR) is 104 cm³/mol. The molecule has 134 valence electrons. The van der Waals surface area contributed by atoms with Gasteiger partial charge >= 0.3 is 0 Å². The smallest absolute Gasteiger partial charge is 0.224 e. The Labute approximate surface area is 158 Å². The Kier molecular flexibility index (Phi) is 6.12. The molecule has 0 bridgehead atoms. The zero-order valence-corrected chi connectivity index (χ0v) is 15.9. The number of nitrogens with zero attached hydrogens (tertiary/aromatic N) is 1. The van der Waals surface area contributed by atoms with E-state index in [9.17, 15) is 4.79 Å². The summed E-state index contributed by atoms with van der Waals surface area (Å²) in [6.07, 6.45) is 1.06. The molecule has 25 heavy (non-hydrogen) atoms. The maximum atomic E-state index is 12.2. The van der Waals surface area contributed by atoms with Crippen molar-refractivity contribution < 1.29 is 4.79 Å². The normalized spacial score (nSPS) is 16.9. The van der Waals surface area contributed by atoms with Crippen LogP contribution in [0.15, 0.2) is 35.7 Å². The third kappa shape index (κ3) is 4.42. The summed E-state index contributed by atoms with van der Waals surface area (Å²) in [6.45, 7) is 4.69. The van der Waals surface area contributed by atoms with Crippen LogP contribution in [0, 0.1) is 5.92 Å². The number of fused-ring (bicyclic) bond motifs is 1. The highest BCUT2D eigenvalue weighted by molar-refractivity contribution is 7.10. The molecule has 4 nitrogen and oxygen atoms in total. The van der Waals surface area contributed by atoms with Gasteiger partial charge in [-0.15, -0.1) is 11.3 Å². The molecule has 2 atom stereocenters. The highest BCUT2D eigenvalue weighted by Gasteiger charge is 2.26. The number of halogens is 1. The molecular formula is C19H24ClN3OS. The van der Waals surface area contributed by atoms with E-state index in [4.69, 9.17) is 17.3 Å². The largest absolute Gasteiger partial charge is 0.354 e. The summed E-state index contributed by atoms with van der Waals surface area (Å²) in [5.74, 6) is -0.162. The van der Waals surface area contributed by atoms with Gasteiger partial charge in [0.25, 0.3) is 0 Å². The average molecular weight is 378 g/mol. The molecule has 3 N–H and O–H groups in total. The van der Waals surface area contributed by atoms with Gasteiger partial charge in [0.15, 0.2) is 0 Å². The van der Waals surface area contributed by atoms with Crippen molar-refractivity contribution in [2.24, 2.45) is 11.7 Å². The van der Waals surface area contributed by atoms with E-state index >= 15 is 0 Å². The van der Waals surface area contributed by atoms with E-state index in [1.807, 2.05) is 30.4 Å². The van der Waals surface area contributed by atoms with Gasteiger partial charge in [-0.1, -0.05) is 30.7 Å². The lowest BCUT2D eigenvalue weighted by Gasteiger charge is -2.35. The van der Waals surface area contributed by atoms with Crippen molar-refractivity contribution in [1.29, 1.82) is 0 Å². The predicted octanol–water partition coefficient (Wildman–Crippen LogP) is 3.21. The number of hydrogen-bond acceptors (Lipinski definition) is 4. The molecule has 1 aromatic heterocycles. The summed E-state index contributed by atoms with van der Waals surface area (Å²) < 4.78 is 0. The number of carbonyl (C=O) groups is 1. The summed E-state index contributed by atoms with van der Waals surface area (Å²) in [5.41, 5.74) is 8.18. The topological polar surface area (TPSA) is 58.4 Å². The summed E-state index contributed by atoms with van der Waals surface area (Å²) >= 11 is 7.88. The van der Waals surface area contributed by atoms with Gasteiger partial charge in [0.05, 0.1) is 6.04 Å². The molecule has 2 unspecified atom stereocenters. The van der Waals surface area contributed by atoms with Crippen molar-refractivity contribution in [1.82, 2.24) is 10.2 Å². The lowest BCUT2D eigenvalue weighted by atomic mass is 10.0. The highest BCUT2D eigenvalue weighted by Crippen LogP contribution is 2.30. The SMILES string of the molecule is CC(CN)C(=O)NCC(c1ccc(Cl)cc1)N1CCc2sccc2C1. The second-order valence-corrected chi connectivity index (χ2v) is 7.98. The van der Waals surface area contributed by atoms with Crippen LogP contribution in [0.2, 0.25) is 5.02 Å². The van der Waals surface area contributed by atoms with Gasteiger partial charge in [-0.2, -0.15) is 0 Å². The van der Waals surface area contributed by atoms with E-state index in [2.05, 4.69) is 33.8 Å². The Morgan fingerprint density at radius 1 is 1.36 bits per heavy atom. The van der Waals surface area contributed by atoms with Crippen LogP contribution in [0.4, 0.5) is 0 Å². The number of thiophene rings is 1. The minimum atomic E-state index is -0.171. The van der Waals surface area contributed by atoms with Gasteiger partial charge in [-0.25, -0.2) is 0 Å². The Morgan fingerprint density at radius 3 is 2.84 bits per heavy atom. The van der Waals surface area contributed by atoms with Gasteiger partial charge in [0.2, 0.25) is 5.91 Å². The third-order valence-electron chi connectivity index (χ3n) is 4.80. The Morgan fingerprint density at radius 2 is 2.12 bits per heavy atom.